The zero-order valence-electron chi connectivity index (χ0n) is 31.4. The molecule has 4 nitrogen and oxygen atoms in total. The van der Waals surface area contributed by atoms with E-state index in [0.29, 0.717) is 0 Å². The molecular formula is C54H34N4. The smallest absolute Gasteiger partial charge is 0.137 e. The number of para-hydroxylation sites is 4. The van der Waals surface area contributed by atoms with E-state index in [4.69, 9.17) is 9.97 Å². The van der Waals surface area contributed by atoms with Crippen LogP contribution in [0.15, 0.2) is 206 Å². The summed E-state index contributed by atoms with van der Waals surface area (Å²) >= 11 is 0. The summed E-state index contributed by atoms with van der Waals surface area (Å²) in [5, 5.41) is 4.89. The first kappa shape index (κ1) is 31.6. The molecule has 0 fully saturated rings. The van der Waals surface area contributed by atoms with Gasteiger partial charge in [0.25, 0.3) is 0 Å². The maximum Gasteiger partial charge on any atom is 0.137 e. The van der Waals surface area contributed by atoms with Gasteiger partial charge >= 0.3 is 0 Å². The van der Waals surface area contributed by atoms with Crippen LogP contribution in [0.2, 0.25) is 0 Å². The Kier molecular flexibility index (Phi) is 6.27. The average molecular weight is 739 g/mol. The monoisotopic (exact) mass is 738 g/mol. The highest BCUT2D eigenvalue weighted by atomic mass is 15.1. The van der Waals surface area contributed by atoms with Gasteiger partial charge in [-0.3, -0.25) is 9.13 Å². The second kappa shape index (κ2) is 11.5. The molecule has 2 bridgehead atoms. The Bertz CT molecular complexity index is 3040. The number of aromatic nitrogens is 4. The quantitative estimate of drug-likeness (QED) is 0.180. The van der Waals surface area contributed by atoms with Crippen molar-refractivity contribution in [1.82, 2.24) is 19.1 Å². The molecular weight excluding hydrogens is 705 g/mol. The van der Waals surface area contributed by atoms with Crippen LogP contribution in [0.5, 0.6) is 0 Å². The van der Waals surface area contributed by atoms with E-state index in [2.05, 4.69) is 215 Å². The fourth-order valence-corrected chi connectivity index (χ4v) is 11.0. The maximum absolute atomic E-state index is 5.75. The minimum absolute atomic E-state index is 0.676. The number of rotatable bonds is 4. The fourth-order valence-electron chi connectivity index (χ4n) is 11.0. The number of hydrogen-bond donors (Lipinski definition) is 0. The van der Waals surface area contributed by atoms with Crippen LogP contribution < -0.4 is 0 Å². The van der Waals surface area contributed by atoms with Crippen molar-refractivity contribution in [2.24, 2.45) is 0 Å². The van der Waals surface area contributed by atoms with E-state index in [1.165, 1.54) is 54.9 Å². The first-order valence-electron chi connectivity index (χ1n) is 20.0. The molecule has 3 aliphatic carbocycles. The number of hydrogen-bond acceptors (Lipinski definition) is 2. The van der Waals surface area contributed by atoms with Gasteiger partial charge < -0.3 is 0 Å². The molecule has 0 N–H and O–H groups in total. The largest absolute Gasteiger partial charge is 0.294 e. The van der Waals surface area contributed by atoms with Crippen LogP contribution in [0.3, 0.4) is 0 Å². The zero-order chi connectivity index (χ0) is 38.0. The normalized spacial score (nSPS) is 17.8. The van der Waals surface area contributed by atoms with Crippen LogP contribution in [0.25, 0.3) is 55.2 Å². The molecule has 3 aliphatic rings. The van der Waals surface area contributed by atoms with Crippen LogP contribution in [-0.4, -0.2) is 19.1 Å². The molecule has 0 unspecified atom stereocenters. The molecule has 0 radical (unpaired) electrons. The fraction of sp³-hybridized carbons (Fsp3) is 0.0370. The van der Waals surface area contributed by atoms with Crippen LogP contribution in [0, 0.1) is 0 Å². The lowest BCUT2D eigenvalue weighted by molar-refractivity contribution is 0.538. The van der Waals surface area contributed by atoms with Crippen molar-refractivity contribution >= 4 is 43.6 Å². The second-order valence-electron chi connectivity index (χ2n) is 15.6. The van der Waals surface area contributed by atoms with Crippen molar-refractivity contribution in [2.45, 2.75) is 10.8 Å². The van der Waals surface area contributed by atoms with Gasteiger partial charge in [0, 0.05) is 21.5 Å². The van der Waals surface area contributed by atoms with Gasteiger partial charge in [-0.15, -0.1) is 0 Å². The highest BCUT2D eigenvalue weighted by Gasteiger charge is 2.61. The average Bonchev–Trinajstić information content (AvgIpc) is 3.82. The Morgan fingerprint density at radius 3 is 0.810 bits per heavy atom. The van der Waals surface area contributed by atoms with Gasteiger partial charge in [-0.05, 0) is 81.9 Å². The Morgan fingerprint density at radius 1 is 0.259 bits per heavy atom. The first-order valence-corrected chi connectivity index (χ1v) is 20.0. The molecule has 0 atom stereocenters. The molecule has 0 saturated carbocycles. The molecule has 270 valence electrons. The van der Waals surface area contributed by atoms with E-state index in [1.54, 1.807) is 0 Å². The third-order valence-corrected chi connectivity index (χ3v) is 13.1. The molecule has 4 heterocycles. The molecule has 0 aliphatic heterocycles. The van der Waals surface area contributed by atoms with Gasteiger partial charge in [0.1, 0.15) is 11.6 Å². The number of pyridine rings is 2. The minimum Gasteiger partial charge on any atom is -0.294 e. The van der Waals surface area contributed by atoms with E-state index in [-0.39, 0.29) is 0 Å². The standard InChI is InChI=1S/C54H34N4/c1-11-27-45-35(17-1)36-18-2-12-28-46(36)57(45)51-33-15-31-49(55-51)53-39-21-5-8-24-42(39)54(43-25-9-6-22-40(43)53,44-26-10-7-23-41(44)53)50-32-16-34-52(56-50)58-47-29-13-3-19-37(47)38-20-4-14-30-48(38)58/h1-34H. The van der Waals surface area contributed by atoms with Crippen LogP contribution in [0.4, 0.5) is 0 Å². The Hall–Kier alpha value is -7.56. The topological polar surface area (TPSA) is 35.6 Å². The number of fused-ring (bicyclic) bond motifs is 6. The molecule has 7 aromatic carbocycles. The van der Waals surface area contributed by atoms with Gasteiger partial charge in [-0.2, -0.15) is 0 Å². The Morgan fingerprint density at radius 2 is 0.517 bits per heavy atom. The van der Waals surface area contributed by atoms with Crippen molar-refractivity contribution < 1.29 is 0 Å². The SMILES string of the molecule is c1cc(-n2c3ccccc3c3ccccc32)nc(C23c4ccccc4C(c4cccc(-n5c6ccccc6c6ccccc65)n4)(c4ccccc42)c2ccccc23)c1. The summed E-state index contributed by atoms with van der Waals surface area (Å²) in [5.41, 5.74) is 12.7. The van der Waals surface area contributed by atoms with Crippen LogP contribution >= 0.6 is 0 Å². The summed E-state index contributed by atoms with van der Waals surface area (Å²) in [6.07, 6.45) is 0. The molecule has 58 heavy (non-hydrogen) atoms. The maximum atomic E-state index is 5.75. The van der Waals surface area contributed by atoms with E-state index in [9.17, 15) is 0 Å². The van der Waals surface area contributed by atoms with E-state index in [0.717, 1.165) is 45.1 Å². The Labute approximate surface area is 334 Å². The van der Waals surface area contributed by atoms with Gasteiger partial charge in [0.05, 0.1) is 44.3 Å². The van der Waals surface area contributed by atoms with Crippen molar-refractivity contribution in [2.75, 3.05) is 0 Å². The predicted octanol–water partition coefficient (Wildman–Crippen LogP) is 12.1. The van der Waals surface area contributed by atoms with Crippen molar-refractivity contribution in [3.05, 3.63) is 251 Å². The highest BCUT2D eigenvalue weighted by molar-refractivity contribution is 6.10. The second-order valence-corrected chi connectivity index (χ2v) is 15.6. The third-order valence-electron chi connectivity index (χ3n) is 13.1. The number of benzene rings is 7. The third kappa shape index (κ3) is 3.80. The molecule has 11 aromatic rings. The van der Waals surface area contributed by atoms with Crippen LogP contribution in [-0.2, 0) is 10.8 Å². The lowest BCUT2D eigenvalue weighted by Crippen LogP contribution is -2.52. The van der Waals surface area contributed by atoms with Gasteiger partial charge in [0.15, 0.2) is 0 Å². The zero-order valence-corrected chi connectivity index (χ0v) is 31.4. The lowest BCUT2D eigenvalue weighted by Gasteiger charge is -2.56. The summed E-state index contributed by atoms with van der Waals surface area (Å²) in [5.74, 6) is 1.80. The lowest BCUT2D eigenvalue weighted by atomic mass is 9.45. The van der Waals surface area contributed by atoms with Gasteiger partial charge in [-0.25, -0.2) is 9.97 Å². The van der Waals surface area contributed by atoms with E-state index < -0.39 is 10.8 Å². The summed E-state index contributed by atoms with van der Waals surface area (Å²) < 4.78 is 4.66. The van der Waals surface area contributed by atoms with Crippen LogP contribution in [0.1, 0.15) is 44.8 Å². The Balaban J connectivity index is 1.11. The summed E-state index contributed by atoms with van der Waals surface area (Å²) in [7, 11) is 0. The molecule has 0 amide bonds. The first-order chi connectivity index (χ1) is 28.8. The van der Waals surface area contributed by atoms with Gasteiger partial charge in [-0.1, -0.05) is 158 Å². The molecule has 4 heteroatoms. The molecule has 14 rings (SSSR count). The molecule has 0 spiro atoms. The number of nitrogens with zero attached hydrogens (tertiary/aromatic N) is 4. The summed E-state index contributed by atoms with van der Waals surface area (Å²) in [6, 6.07) is 75.0. The molecule has 4 aromatic heterocycles. The van der Waals surface area contributed by atoms with E-state index >= 15 is 0 Å². The summed E-state index contributed by atoms with van der Waals surface area (Å²) in [4.78, 5) is 11.5. The van der Waals surface area contributed by atoms with E-state index in [1.807, 2.05) is 0 Å². The molecule has 0 saturated heterocycles. The van der Waals surface area contributed by atoms with Gasteiger partial charge in [0.2, 0.25) is 0 Å². The summed E-state index contributed by atoms with van der Waals surface area (Å²) in [6.45, 7) is 0. The van der Waals surface area contributed by atoms with Crippen molar-refractivity contribution in [1.29, 1.82) is 0 Å². The van der Waals surface area contributed by atoms with Crippen molar-refractivity contribution in [3.63, 3.8) is 0 Å². The van der Waals surface area contributed by atoms with Crippen molar-refractivity contribution in [3.8, 4) is 11.6 Å². The minimum atomic E-state index is -0.676. The highest BCUT2D eigenvalue weighted by Crippen LogP contribution is 2.65. The predicted molar refractivity (Wildman–Crippen MR) is 234 cm³/mol.